The Morgan fingerprint density at radius 3 is 1.62 bits per heavy atom. The summed E-state index contributed by atoms with van der Waals surface area (Å²) in [6, 6.07) is 10.7. The van der Waals surface area contributed by atoms with Gasteiger partial charge in [-0.05, 0) is 55.6 Å². The zero-order valence-electron chi connectivity index (χ0n) is 17.1. The Morgan fingerprint density at radius 1 is 0.833 bits per heavy atom. The van der Waals surface area contributed by atoms with Crippen LogP contribution >= 0.6 is 0 Å². The van der Waals surface area contributed by atoms with Gasteiger partial charge < -0.3 is 4.43 Å². The molecule has 0 spiro atoms. The van der Waals surface area contributed by atoms with Crippen LogP contribution in [0, 0.1) is 13.8 Å². The lowest BCUT2D eigenvalue weighted by atomic mass is 9.99. The van der Waals surface area contributed by atoms with Gasteiger partial charge in [-0.3, -0.25) is 0 Å². The van der Waals surface area contributed by atoms with Gasteiger partial charge in [0, 0.05) is 0 Å². The Balaban J connectivity index is 3.02. The van der Waals surface area contributed by atoms with E-state index in [0.717, 1.165) is 0 Å². The highest BCUT2D eigenvalue weighted by molar-refractivity contribution is 6.73. The third-order valence-corrected chi connectivity index (χ3v) is 9.98. The predicted octanol–water partition coefficient (Wildman–Crippen LogP) is 7.73. The van der Waals surface area contributed by atoms with Crippen molar-refractivity contribution in [1.82, 2.24) is 0 Å². The monoisotopic (exact) mass is 348 g/mol. The van der Waals surface area contributed by atoms with Gasteiger partial charge in [0.25, 0.3) is 0 Å². The average Bonchev–Trinajstić information content (AvgIpc) is 2.56. The van der Waals surface area contributed by atoms with Gasteiger partial charge in [-0.2, -0.15) is 0 Å². The fourth-order valence-corrected chi connectivity index (χ4v) is 8.92. The van der Waals surface area contributed by atoms with E-state index >= 15 is 0 Å². The normalized spacial score (nSPS) is 13.2. The van der Waals surface area contributed by atoms with Crippen molar-refractivity contribution < 1.29 is 4.43 Å². The lowest BCUT2D eigenvalue weighted by Gasteiger charge is -2.36. The first-order valence-corrected chi connectivity index (χ1v) is 12.8. The first kappa shape index (κ1) is 21.4. The second kappa shape index (κ2) is 11.1. The molecule has 1 nitrogen and oxygen atoms in total. The van der Waals surface area contributed by atoms with Crippen molar-refractivity contribution in [2.45, 2.75) is 104 Å². The molecule has 0 saturated carbocycles. The zero-order valence-corrected chi connectivity index (χ0v) is 18.1. The van der Waals surface area contributed by atoms with Crippen LogP contribution in [0.5, 0.6) is 0 Å². The molecular weight excluding hydrogens is 308 g/mol. The molecule has 1 rings (SSSR count). The quantitative estimate of drug-likeness (QED) is 0.351. The van der Waals surface area contributed by atoms with Crippen LogP contribution in [0.4, 0.5) is 0 Å². The number of hydrogen-bond donors (Lipinski definition) is 0. The van der Waals surface area contributed by atoms with Crippen molar-refractivity contribution in [3.05, 3.63) is 34.9 Å². The Morgan fingerprint density at radius 2 is 1.25 bits per heavy atom. The Hall–Kier alpha value is -0.603. The van der Waals surface area contributed by atoms with Crippen molar-refractivity contribution in [2.24, 2.45) is 0 Å². The smallest absolute Gasteiger partial charge is 0.193 e. The summed E-state index contributed by atoms with van der Waals surface area (Å²) in [5.41, 5.74) is 4.19. The van der Waals surface area contributed by atoms with E-state index in [-0.39, 0.29) is 6.10 Å². The summed E-state index contributed by atoms with van der Waals surface area (Å²) in [6.07, 6.45) is 8.09. The Bertz CT molecular complexity index is 427. The molecule has 0 unspecified atom stereocenters. The number of benzene rings is 1. The maximum absolute atomic E-state index is 7.03. The first-order valence-electron chi connectivity index (χ1n) is 10.2. The fraction of sp³-hybridized carbons (Fsp3) is 0.727. The molecule has 1 aromatic rings. The van der Waals surface area contributed by atoms with Gasteiger partial charge in [-0.15, -0.1) is 0 Å². The summed E-state index contributed by atoms with van der Waals surface area (Å²) in [6.45, 7) is 13.7. The SMILES string of the molecule is CCCC[Si](CCCC)(CCCC)O[C@@H](C)c1c(C)cccc1C. The van der Waals surface area contributed by atoms with Crippen LogP contribution in [0.3, 0.4) is 0 Å². The summed E-state index contributed by atoms with van der Waals surface area (Å²) in [7, 11) is -1.65. The topological polar surface area (TPSA) is 9.23 Å². The van der Waals surface area contributed by atoms with Crippen molar-refractivity contribution >= 4 is 8.32 Å². The van der Waals surface area contributed by atoms with Gasteiger partial charge in [0.05, 0.1) is 6.10 Å². The molecule has 0 amide bonds. The van der Waals surface area contributed by atoms with Crippen molar-refractivity contribution in [1.29, 1.82) is 0 Å². The minimum atomic E-state index is -1.65. The minimum Gasteiger partial charge on any atom is -0.410 e. The maximum Gasteiger partial charge on any atom is 0.193 e. The van der Waals surface area contributed by atoms with Crippen molar-refractivity contribution in [3.63, 3.8) is 0 Å². The van der Waals surface area contributed by atoms with Gasteiger partial charge in [-0.1, -0.05) is 77.5 Å². The minimum absolute atomic E-state index is 0.239. The van der Waals surface area contributed by atoms with Gasteiger partial charge in [0.15, 0.2) is 8.32 Å². The number of rotatable bonds is 12. The highest BCUT2D eigenvalue weighted by atomic mass is 28.4. The molecule has 0 aromatic heterocycles. The Labute approximate surface area is 152 Å². The molecule has 1 aromatic carbocycles. The third kappa shape index (κ3) is 6.37. The molecular formula is C22H40OSi. The van der Waals surface area contributed by atoms with Crippen LogP contribution in [-0.2, 0) is 4.43 Å². The second-order valence-electron chi connectivity index (χ2n) is 7.56. The molecule has 0 heterocycles. The molecule has 0 aliphatic carbocycles. The van der Waals surface area contributed by atoms with Crippen LogP contribution in [-0.4, -0.2) is 8.32 Å². The van der Waals surface area contributed by atoms with Gasteiger partial charge >= 0.3 is 0 Å². The summed E-state index contributed by atoms with van der Waals surface area (Å²) in [4.78, 5) is 0. The predicted molar refractivity (Wildman–Crippen MR) is 110 cm³/mol. The third-order valence-electron chi connectivity index (χ3n) is 5.33. The molecule has 1 atom stereocenters. The van der Waals surface area contributed by atoms with Crippen LogP contribution in [0.25, 0.3) is 0 Å². The summed E-state index contributed by atoms with van der Waals surface area (Å²) in [5, 5.41) is 0. The number of unbranched alkanes of at least 4 members (excludes halogenated alkanes) is 3. The molecule has 0 aliphatic heterocycles. The standard InChI is InChI=1S/C22H40OSi/c1-7-10-16-24(17-11-8-2,18-12-9-3)23-21(6)22-19(4)14-13-15-20(22)5/h13-15,21H,7-12,16-18H2,1-6H3/t21-/m0/s1. The molecule has 0 aliphatic rings. The number of aryl methyl sites for hydroxylation is 2. The molecule has 0 bridgehead atoms. The van der Waals surface area contributed by atoms with E-state index in [9.17, 15) is 0 Å². The van der Waals surface area contributed by atoms with Crippen LogP contribution < -0.4 is 0 Å². The van der Waals surface area contributed by atoms with E-state index in [1.165, 1.54) is 73.3 Å². The first-order chi connectivity index (χ1) is 11.5. The van der Waals surface area contributed by atoms with E-state index in [1.54, 1.807) is 0 Å². The van der Waals surface area contributed by atoms with Crippen LogP contribution in [0.15, 0.2) is 18.2 Å². The van der Waals surface area contributed by atoms with Crippen molar-refractivity contribution in [2.75, 3.05) is 0 Å². The molecule has 0 radical (unpaired) electrons. The van der Waals surface area contributed by atoms with Gasteiger partial charge in [0.2, 0.25) is 0 Å². The molecule has 2 heteroatoms. The largest absolute Gasteiger partial charge is 0.410 e. The van der Waals surface area contributed by atoms with E-state index < -0.39 is 8.32 Å². The molecule has 0 saturated heterocycles. The van der Waals surface area contributed by atoms with E-state index in [1.807, 2.05) is 0 Å². The van der Waals surface area contributed by atoms with Crippen molar-refractivity contribution in [3.8, 4) is 0 Å². The lowest BCUT2D eigenvalue weighted by molar-refractivity contribution is 0.205. The summed E-state index contributed by atoms with van der Waals surface area (Å²) in [5.74, 6) is 0. The zero-order chi connectivity index (χ0) is 18.0. The van der Waals surface area contributed by atoms with E-state index in [4.69, 9.17) is 4.43 Å². The lowest BCUT2D eigenvalue weighted by Crippen LogP contribution is -2.39. The maximum atomic E-state index is 7.03. The van der Waals surface area contributed by atoms with Gasteiger partial charge in [-0.25, -0.2) is 0 Å². The average molecular weight is 349 g/mol. The van der Waals surface area contributed by atoms with Gasteiger partial charge in [0.1, 0.15) is 0 Å². The van der Waals surface area contributed by atoms with E-state index in [2.05, 4.69) is 59.7 Å². The molecule has 0 N–H and O–H groups in total. The molecule has 24 heavy (non-hydrogen) atoms. The Kier molecular flexibility index (Phi) is 9.91. The fourth-order valence-electron chi connectivity index (χ4n) is 3.95. The van der Waals surface area contributed by atoms with Crippen LogP contribution in [0.2, 0.25) is 18.1 Å². The highest BCUT2D eigenvalue weighted by Gasteiger charge is 2.35. The number of hydrogen-bond acceptors (Lipinski definition) is 1. The molecule has 138 valence electrons. The van der Waals surface area contributed by atoms with E-state index in [0.29, 0.717) is 0 Å². The summed E-state index contributed by atoms with van der Waals surface area (Å²) < 4.78 is 7.03. The second-order valence-corrected chi connectivity index (χ2v) is 11.7. The van der Waals surface area contributed by atoms with Crippen LogP contribution in [0.1, 0.15) is 89.0 Å². The molecule has 0 fully saturated rings. The summed E-state index contributed by atoms with van der Waals surface area (Å²) >= 11 is 0. The highest BCUT2D eigenvalue weighted by Crippen LogP contribution is 2.36.